The molecule has 4 heterocycles. The number of rotatable bonds is 3. The molecule has 0 saturated carbocycles. The lowest BCUT2D eigenvalue weighted by Crippen LogP contribution is -2.46. The number of anilines is 1. The molecule has 9 nitrogen and oxygen atoms in total. The summed E-state index contributed by atoms with van der Waals surface area (Å²) in [5, 5.41) is 8.50. The van der Waals surface area contributed by atoms with Crippen molar-refractivity contribution in [2.45, 2.75) is 25.8 Å². The van der Waals surface area contributed by atoms with Gasteiger partial charge in [0, 0.05) is 51.2 Å². The highest BCUT2D eigenvalue weighted by atomic mass is 16.2. The molecule has 4 rings (SSSR count). The molecule has 0 atom stereocenters. The monoisotopic (exact) mass is 354 g/mol. The van der Waals surface area contributed by atoms with E-state index in [1.54, 1.807) is 21.5 Å². The highest BCUT2D eigenvalue weighted by molar-refractivity contribution is 5.92. The highest BCUT2D eigenvalue weighted by Gasteiger charge is 2.28. The number of amides is 1. The maximum Gasteiger partial charge on any atom is 0.274 e. The van der Waals surface area contributed by atoms with E-state index in [1.807, 2.05) is 32.0 Å². The summed E-state index contributed by atoms with van der Waals surface area (Å²) in [6, 6.07) is 4.00. The van der Waals surface area contributed by atoms with Crippen molar-refractivity contribution in [3.05, 3.63) is 36.0 Å². The first-order chi connectivity index (χ1) is 12.5. The number of nitrogens with zero attached hydrogens (tertiary/aromatic N) is 8. The molecule has 26 heavy (non-hydrogen) atoms. The molecule has 1 aliphatic rings. The van der Waals surface area contributed by atoms with Crippen LogP contribution in [-0.4, -0.2) is 66.3 Å². The highest BCUT2D eigenvalue weighted by Crippen LogP contribution is 2.23. The number of piperidine rings is 1. The summed E-state index contributed by atoms with van der Waals surface area (Å²) in [7, 11) is 3.68. The third-order valence-corrected chi connectivity index (χ3v) is 4.95. The average molecular weight is 354 g/mol. The molecule has 0 radical (unpaired) electrons. The molecule has 1 saturated heterocycles. The zero-order valence-corrected chi connectivity index (χ0v) is 15.2. The molecule has 0 spiro atoms. The Morgan fingerprint density at radius 3 is 2.77 bits per heavy atom. The number of carbonyl (C=O) groups is 1. The van der Waals surface area contributed by atoms with Crippen molar-refractivity contribution in [1.82, 2.24) is 34.3 Å². The maximum absolute atomic E-state index is 12.6. The topological polar surface area (TPSA) is 84.5 Å². The van der Waals surface area contributed by atoms with E-state index in [1.165, 1.54) is 6.33 Å². The number of hydrogen-bond acceptors (Lipinski definition) is 6. The average Bonchev–Trinajstić information content (AvgIpc) is 3.28. The molecule has 1 amide bonds. The molecular weight excluding hydrogens is 332 g/mol. The Hall–Kier alpha value is -2.97. The number of carbonyl (C=O) groups excluding carboxylic acids is 1. The van der Waals surface area contributed by atoms with Gasteiger partial charge in [0.25, 0.3) is 11.7 Å². The van der Waals surface area contributed by atoms with Crippen LogP contribution in [0.4, 0.5) is 5.82 Å². The second kappa shape index (κ2) is 6.40. The summed E-state index contributed by atoms with van der Waals surface area (Å²) >= 11 is 0. The second-order valence-corrected chi connectivity index (χ2v) is 6.74. The van der Waals surface area contributed by atoms with Crippen LogP contribution in [0.3, 0.4) is 0 Å². The third kappa shape index (κ3) is 2.89. The van der Waals surface area contributed by atoms with Crippen molar-refractivity contribution in [1.29, 1.82) is 0 Å². The van der Waals surface area contributed by atoms with Crippen LogP contribution in [0.1, 0.15) is 29.0 Å². The second-order valence-electron chi connectivity index (χ2n) is 6.74. The number of aryl methyl sites for hydroxylation is 2. The van der Waals surface area contributed by atoms with E-state index in [-0.39, 0.29) is 11.9 Å². The van der Waals surface area contributed by atoms with E-state index >= 15 is 0 Å². The molecule has 9 heteroatoms. The fourth-order valence-corrected chi connectivity index (χ4v) is 3.49. The molecule has 1 fully saturated rings. The SMILES string of the molecule is Cc1cc(N2CCC(N(C)C(=O)c3ccn(C)n3)CC2)n2ncnc2n1. The third-order valence-electron chi connectivity index (χ3n) is 4.95. The molecule has 0 aliphatic carbocycles. The van der Waals surface area contributed by atoms with Crippen LogP contribution in [0, 0.1) is 6.92 Å². The normalized spacial score (nSPS) is 15.6. The fourth-order valence-electron chi connectivity index (χ4n) is 3.49. The van der Waals surface area contributed by atoms with Crippen LogP contribution in [0.15, 0.2) is 24.7 Å². The minimum Gasteiger partial charge on any atom is -0.356 e. The Kier molecular flexibility index (Phi) is 4.06. The predicted molar refractivity (Wildman–Crippen MR) is 96.1 cm³/mol. The summed E-state index contributed by atoms with van der Waals surface area (Å²) in [6.07, 6.45) is 5.11. The Labute approximate surface area is 151 Å². The molecule has 0 N–H and O–H groups in total. The van der Waals surface area contributed by atoms with Crippen molar-refractivity contribution in [2.75, 3.05) is 25.0 Å². The first-order valence-electron chi connectivity index (χ1n) is 8.72. The Balaban J connectivity index is 1.47. The number of fused-ring (bicyclic) bond motifs is 1. The minimum atomic E-state index is -0.0255. The largest absolute Gasteiger partial charge is 0.356 e. The summed E-state index contributed by atoms with van der Waals surface area (Å²) in [5.41, 5.74) is 1.41. The van der Waals surface area contributed by atoms with Crippen LogP contribution < -0.4 is 4.90 Å². The van der Waals surface area contributed by atoms with Crippen LogP contribution in [0.25, 0.3) is 5.78 Å². The van der Waals surface area contributed by atoms with Crippen molar-refractivity contribution in [2.24, 2.45) is 7.05 Å². The zero-order chi connectivity index (χ0) is 18.3. The van der Waals surface area contributed by atoms with Gasteiger partial charge in [0.1, 0.15) is 17.8 Å². The summed E-state index contributed by atoms with van der Waals surface area (Å²) in [5.74, 6) is 1.59. The fraction of sp³-hybridized carbons (Fsp3) is 0.471. The van der Waals surface area contributed by atoms with Gasteiger partial charge < -0.3 is 9.80 Å². The first kappa shape index (κ1) is 16.5. The summed E-state index contributed by atoms with van der Waals surface area (Å²) in [6.45, 7) is 3.66. The Bertz CT molecular complexity index is 937. The molecule has 3 aromatic heterocycles. The Morgan fingerprint density at radius 1 is 1.31 bits per heavy atom. The summed E-state index contributed by atoms with van der Waals surface area (Å²) in [4.78, 5) is 25.3. The Morgan fingerprint density at radius 2 is 2.08 bits per heavy atom. The van der Waals surface area contributed by atoms with Crippen LogP contribution in [0.5, 0.6) is 0 Å². The lowest BCUT2D eigenvalue weighted by Gasteiger charge is -2.37. The standard InChI is InChI=1S/C17H22N8O/c1-12-10-15(25-17(20-12)18-11-19-25)24-8-4-13(5-9-24)23(3)16(26)14-6-7-22(2)21-14/h6-7,10-11,13H,4-5,8-9H2,1-3H3. The van der Waals surface area contributed by atoms with Crippen LogP contribution >= 0.6 is 0 Å². The van der Waals surface area contributed by atoms with E-state index in [9.17, 15) is 4.79 Å². The summed E-state index contributed by atoms with van der Waals surface area (Å²) < 4.78 is 3.43. The van der Waals surface area contributed by atoms with E-state index in [0.29, 0.717) is 11.5 Å². The molecule has 0 bridgehead atoms. The predicted octanol–water partition coefficient (Wildman–Crippen LogP) is 0.907. The van der Waals surface area contributed by atoms with Crippen molar-refractivity contribution >= 4 is 17.5 Å². The molecule has 0 unspecified atom stereocenters. The van der Waals surface area contributed by atoms with Crippen LogP contribution in [0.2, 0.25) is 0 Å². The van der Waals surface area contributed by atoms with E-state index in [4.69, 9.17) is 0 Å². The van der Waals surface area contributed by atoms with Gasteiger partial charge in [-0.05, 0) is 25.8 Å². The molecule has 3 aromatic rings. The maximum atomic E-state index is 12.6. The van der Waals surface area contributed by atoms with Gasteiger partial charge in [-0.1, -0.05) is 0 Å². The number of hydrogen-bond donors (Lipinski definition) is 0. The lowest BCUT2D eigenvalue weighted by molar-refractivity contribution is 0.0702. The van der Waals surface area contributed by atoms with E-state index < -0.39 is 0 Å². The van der Waals surface area contributed by atoms with Gasteiger partial charge in [0.05, 0.1) is 0 Å². The zero-order valence-electron chi connectivity index (χ0n) is 15.2. The molecule has 0 aromatic carbocycles. The van der Waals surface area contributed by atoms with Gasteiger partial charge in [-0.25, -0.2) is 4.98 Å². The minimum absolute atomic E-state index is 0.0255. The molecule has 1 aliphatic heterocycles. The van der Waals surface area contributed by atoms with Gasteiger partial charge in [0.2, 0.25) is 0 Å². The molecule has 136 valence electrons. The van der Waals surface area contributed by atoms with E-state index in [2.05, 4.69) is 25.1 Å². The van der Waals surface area contributed by atoms with E-state index in [0.717, 1.165) is 37.4 Å². The smallest absolute Gasteiger partial charge is 0.274 e. The molecular formula is C17H22N8O. The van der Waals surface area contributed by atoms with Crippen molar-refractivity contribution in [3.8, 4) is 0 Å². The quantitative estimate of drug-likeness (QED) is 0.695. The van der Waals surface area contributed by atoms with Gasteiger partial charge in [-0.15, -0.1) is 0 Å². The van der Waals surface area contributed by atoms with Gasteiger partial charge in [0.15, 0.2) is 0 Å². The van der Waals surface area contributed by atoms with Gasteiger partial charge in [-0.3, -0.25) is 9.48 Å². The lowest BCUT2D eigenvalue weighted by atomic mass is 10.0. The van der Waals surface area contributed by atoms with Crippen molar-refractivity contribution in [3.63, 3.8) is 0 Å². The van der Waals surface area contributed by atoms with Crippen molar-refractivity contribution < 1.29 is 4.79 Å². The van der Waals surface area contributed by atoms with Gasteiger partial charge >= 0.3 is 0 Å². The van der Waals surface area contributed by atoms with Gasteiger partial charge in [-0.2, -0.15) is 19.7 Å². The van der Waals surface area contributed by atoms with Crippen LogP contribution in [-0.2, 0) is 7.05 Å². The first-order valence-corrected chi connectivity index (χ1v) is 8.72. The number of aromatic nitrogens is 6.